The van der Waals surface area contributed by atoms with Gasteiger partial charge in [0.1, 0.15) is 22.1 Å². The average Bonchev–Trinajstić information content (AvgIpc) is 3.35. The van der Waals surface area contributed by atoms with Gasteiger partial charge in [-0.05, 0) is 46.3 Å². The van der Waals surface area contributed by atoms with Gasteiger partial charge in [-0.1, -0.05) is 11.8 Å². The highest BCUT2D eigenvalue weighted by Crippen LogP contribution is 2.40. The van der Waals surface area contributed by atoms with Crippen molar-refractivity contribution in [2.75, 3.05) is 19.0 Å². The van der Waals surface area contributed by atoms with Gasteiger partial charge in [0.05, 0.1) is 24.7 Å². The summed E-state index contributed by atoms with van der Waals surface area (Å²) < 4.78 is 48.0. The molecule has 4 heterocycles. The smallest absolute Gasteiger partial charge is 0.447 e. The molecule has 0 atom stereocenters. The normalized spacial score (nSPS) is 11.4. The molecule has 0 aromatic carbocycles. The number of ether oxygens (including phenoxy) is 1. The molecule has 4 aromatic rings. The maximum atomic E-state index is 13.1. The molecule has 0 spiro atoms. The molecule has 0 fully saturated rings. The number of halogens is 4. The number of carbonyl (C=O) groups excluding carboxylic acids is 1. The average molecular weight is 523 g/mol. The number of carbonyl (C=O) groups is 1. The van der Waals surface area contributed by atoms with Crippen LogP contribution in [0.5, 0.6) is 0 Å². The number of thioether (sulfide) groups is 1. The summed E-state index contributed by atoms with van der Waals surface area (Å²) in [4.78, 5) is 16.3. The van der Waals surface area contributed by atoms with Gasteiger partial charge >= 0.3 is 11.5 Å². The van der Waals surface area contributed by atoms with Gasteiger partial charge in [0.2, 0.25) is 0 Å². The molecule has 0 unspecified atom stereocenters. The van der Waals surface area contributed by atoms with E-state index in [1.807, 2.05) is 0 Å². The number of imidazole rings is 1. The molecule has 1 N–H and O–H groups in total. The lowest BCUT2D eigenvalue weighted by atomic mass is 10.2. The Morgan fingerprint density at radius 2 is 2.09 bits per heavy atom. The molecular formula is C21H14BrF3N4O2S. The van der Waals surface area contributed by atoms with Crippen molar-refractivity contribution < 1.29 is 22.7 Å². The van der Waals surface area contributed by atoms with Crippen LogP contribution in [0.1, 0.15) is 15.9 Å². The van der Waals surface area contributed by atoms with Crippen molar-refractivity contribution in [3.8, 4) is 11.8 Å². The van der Waals surface area contributed by atoms with E-state index < -0.39 is 11.5 Å². The number of fused-ring (bicyclic) bond motifs is 2. The number of alkyl halides is 3. The summed E-state index contributed by atoms with van der Waals surface area (Å²) in [5.41, 5.74) is -2.74. The molecule has 0 saturated carbocycles. The van der Waals surface area contributed by atoms with Gasteiger partial charge in [0.25, 0.3) is 0 Å². The number of rotatable bonds is 4. The number of hydrogen-bond donors (Lipinski definition) is 1. The monoisotopic (exact) mass is 522 g/mol. The van der Waals surface area contributed by atoms with Crippen LogP contribution < -0.4 is 5.32 Å². The molecule has 4 aromatic heterocycles. The van der Waals surface area contributed by atoms with E-state index in [2.05, 4.69) is 38.1 Å². The van der Waals surface area contributed by atoms with Gasteiger partial charge in [-0.15, -0.1) is 0 Å². The second kappa shape index (κ2) is 8.80. The quantitative estimate of drug-likeness (QED) is 0.226. The molecule has 11 heteroatoms. The lowest BCUT2D eigenvalue weighted by Crippen LogP contribution is -2.12. The highest BCUT2D eigenvalue weighted by Gasteiger charge is 2.32. The van der Waals surface area contributed by atoms with Gasteiger partial charge in [-0.3, -0.25) is 4.40 Å². The topological polar surface area (TPSA) is 60.0 Å². The SMILES string of the molecule is COC(=O)c1ccc2nccn2c1NCC#Cc1cc2c(Br)cccn2c1SC(F)(F)F. The highest BCUT2D eigenvalue weighted by atomic mass is 79.9. The number of esters is 1. The van der Waals surface area contributed by atoms with Crippen molar-refractivity contribution in [1.82, 2.24) is 13.8 Å². The Morgan fingerprint density at radius 3 is 2.84 bits per heavy atom. The zero-order valence-corrected chi connectivity index (χ0v) is 18.8. The first kappa shape index (κ1) is 22.1. The maximum absolute atomic E-state index is 13.1. The number of aromatic nitrogens is 3. The molecule has 0 saturated heterocycles. The summed E-state index contributed by atoms with van der Waals surface area (Å²) in [6.07, 6.45) is 4.81. The summed E-state index contributed by atoms with van der Waals surface area (Å²) in [7, 11) is 1.28. The Kier molecular flexibility index (Phi) is 6.08. The first-order valence-electron chi connectivity index (χ1n) is 9.11. The Bertz CT molecular complexity index is 1380. The van der Waals surface area contributed by atoms with Crippen LogP contribution >= 0.6 is 27.7 Å². The fraction of sp³-hybridized carbons (Fsp3) is 0.143. The van der Waals surface area contributed by atoms with Crippen LogP contribution in [0.4, 0.5) is 19.0 Å². The van der Waals surface area contributed by atoms with Gasteiger partial charge < -0.3 is 14.5 Å². The third-order valence-electron chi connectivity index (χ3n) is 4.46. The minimum Gasteiger partial charge on any atom is -0.465 e. The van der Waals surface area contributed by atoms with E-state index >= 15 is 0 Å². The predicted molar refractivity (Wildman–Crippen MR) is 119 cm³/mol. The molecule has 164 valence electrons. The first-order chi connectivity index (χ1) is 15.3. The van der Waals surface area contributed by atoms with E-state index in [1.165, 1.54) is 11.5 Å². The van der Waals surface area contributed by atoms with Crippen LogP contribution in [-0.2, 0) is 4.74 Å². The molecular weight excluding hydrogens is 509 g/mol. The van der Waals surface area contributed by atoms with E-state index in [1.54, 1.807) is 53.3 Å². The van der Waals surface area contributed by atoms with Crippen molar-refractivity contribution in [3.63, 3.8) is 0 Å². The highest BCUT2D eigenvalue weighted by molar-refractivity contribution is 9.10. The zero-order valence-electron chi connectivity index (χ0n) is 16.4. The van der Waals surface area contributed by atoms with Crippen LogP contribution in [0.2, 0.25) is 0 Å². The van der Waals surface area contributed by atoms with Crippen molar-refractivity contribution in [1.29, 1.82) is 0 Å². The van der Waals surface area contributed by atoms with Crippen LogP contribution in [0.3, 0.4) is 0 Å². The van der Waals surface area contributed by atoms with Crippen molar-refractivity contribution >= 4 is 50.6 Å². The standard InChI is InChI=1S/C21H14BrF3N4O2S/c1-31-20(30)14-6-7-17-26-9-11-29(17)18(14)27-8-2-4-13-12-16-15(22)5-3-10-28(16)19(13)32-21(23,24)25/h3,5-7,9-12,27H,8H2,1H3. The van der Waals surface area contributed by atoms with Crippen LogP contribution in [0.25, 0.3) is 11.2 Å². The molecule has 32 heavy (non-hydrogen) atoms. The second-order valence-electron chi connectivity index (χ2n) is 6.42. The largest absolute Gasteiger partial charge is 0.465 e. The van der Waals surface area contributed by atoms with Crippen LogP contribution in [0.15, 0.2) is 58.4 Å². The second-order valence-corrected chi connectivity index (χ2v) is 8.33. The Labute approximate surface area is 192 Å². The summed E-state index contributed by atoms with van der Waals surface area (Å²) in [6, 6.07) is 8.25. The number of nitrogens with one attached hydrogen (secondary N) is 1. The lowest BCUT2D eigenvalue weighted by Gasteiger charge is -2.11. The van der Waals surface area contributed by atoms with Gasteiger partial charge in [0.15, 0.2) is 0 Å². The van der Waals surface area contributed by atoms with E-state index in [4.69, 9.17) is 4.74 Å². The number of nitrogens with zero attached hydrogens (tertiary/aromatic N) is 3. The summed E-state index contributed by atoms with van der Waals surface area (Å²) in [5, 5.41) is 3.02. The fourth-order valence-corrected chi connectivity index (χ4v) is 4.31. The van der Waals surface area contributed by atoms with Crippen LogP contribution in [-0.4, -0.2) is 38.9 Å². The van der Waals surface area contributed by atoms with Crippen molar-refractivity contribution in [2.45, 2.75) is 10.5 Å². The number of methoxy groups -OCH3 is 1. The van der Waals surface area contributed by atoms with E-state index in [0.717, 1.165) is 0 Å². The molecule has 4 rings (SSSR count). The lowest BCUT2D eigenvalue weighted by molar-refractivity contribution is -0.0329. The molecule has 0 bridgehead atoms. The minimum absolute atomic E-state index is 0.0201. The summed E-state index contributed by atoms with van der Waals surface area (Å²) in [6.45, 7) is 0.0742. The summed E-state index contributed by atoms with van der Waals surface area (Å²) in [5.74, 6) is 5.54. The van der Waals surface area contributed by atoms with Crippen LogP contribution in [0, 0.1) is 11.8 Å². The number of pyridine rings is 2. The van der Waals surface area contributed by atoms with E-state index in [9.17, 15) is 18.0 Å². The molecule has 6 nitrogen and oxygen atoms in total. The minimum atomic E-state index is -4.46. The molecule has 0 aliphatic rings. The third-order valence-corrected chi connectivity index (χ3v) is 5.97. The molecule has 0 aliphatic carbocycles. The first-order valence-corrected chi connectivity index (χ1v) is 10.7. The molecule has 0 radical (unpaired) electrons. The van der Waals surface area contributed by atoms with Crippen molar-refractivity contribution in [2.24, 2.45) is 0 Å². The Balaban J connectivity index is 1.66. The van der Waals surface area contributed by atoms with Crippen molar-refractivity contribution in [3.05, 3.63) is 64.5 Å². The van der Waals surface area contributed by atoms with E-state index in [-0.39, 0.29) is 34.5 Å². The van der Waals surface area contributed by atoms with Gasteiger partial charge in [0, 0.05) is 34.8 Å². The Morgan fingerprint density at radius 1 is 1.28 bits per heavy atom. The molecule has 0 amide bonds. The summed E-state index contributed by atoms with van der Waals surface area (Å²) >= 11 is 3.14. The molecule has 0 aliphatic heterocycles. The maximum Gasteiger partial charge on any atom is 0.447 e. The fourth-order valence-electron chi connectivity index (χ4n) is 3.16. The number of anilines is 1. The van der Waals surface area contributed by atoms with E-state index in [0.29, 0.717) is 21.5 Å². The number of hydrogen-bond acceptors (Lipinski definition) is 5. The zero-order chi connectivity index (χ0) is 22.9. The third kappa shape index (κ3) is 4.42. The Hall–Kier alpha value is -3.10. The van der Waals surface area contributed by atoms with Gasteiger partial charge in [-0.2, -0.15) is 13.2 Å². The van der Waals surface area contributed by atoms with Gasteiger partial charge in [-0.25, -0.2) is 9.78 Å². The predicted octanol–water partition coefficient (Wildman–Crippen LogP) is 5.21.